The zero-order chi connectivity index (χ0) is 12.5. The highest BCUT2D eigenvalue weighted by molar-refractivity contribution is 5.92. The van der Waals surface area contributed by atoms with Crippen LogP contribution in [0.1, 0.15) is 41.0 Å². The van der Waals surface area contributed by atoms with Crippen LogP contribution in [0.25, 0.3) is 0 Å². The lowest BCUT2D eigenvalue weighted by molar-refractivity contribution is -0.136. The summed E-state index contributed by atoms with van der Waals surface area (Å²) in [4.78, 5) is 11.8. The molecule has 0 aliphatic heterocycles. The highest BCUT2D eigenvalue weighted by atomic mass is 16.5. The van der Waals surface area contributed by atoms with Gasteiger partial charge in [-0.25, -0.2) is 4.79 Å². The van der Waals surface area contributed by atoms with E-state index in [0.29, 0.717) is 5.92 Å². The molecule has 0 saturated carbocycles. The number of hydrogen-bond acceptors (Lipinski definition) is 2. The van der Waals surface area contributed by atoms with Crippen molar-refractivity contribution in [1.82, 2.24) is 0 Å². The fourth-order valence-corrected chi connectivity index (χ4v) is 2.67. The molecule has 2 nitrogen and oxygen atoms in total. The molecule has 90 valence electrons. The summed E-state index contributed by atoms with van der Waals surface area (Å²) < 4.78 is 4.88. The van der Waals surface area contributed by atoms with Gasteiger partial charge in [0.05, 0.1) is 7.11 Å². The maximum absolute atomic E-state index is 11.8. The summed E-state index contributed by atoms with van der Waals surface area (Å²) in [6, 6.07) is 0. The van der Waals surface area contributed by atoms with E-state index in [1.165, 1.54) is 18.3 Å². The lowest BCUT2D eigenvalue weighted by atomic mass is 9.82. The van der Waals surface area contributed by atoms with Crippen molar-refractivity contribution in [3.05, 3.63) is 22.8 Å². The molecule has 0 atom stereocenters. The number of carbonyl (C=O) groups excluding carboxylic acids is 1. The number of ether oxygens (including phenoxy) is 1. The summed E-state index contributed by atoms with van der Waals surface area (Å²) >= 11 is 0. The Morgan fingerprint density at radius 2 is 2.00 bits per heavy atom. The molecule has 0 aromatic rings. The largest absolute Gasteiger partial charge is 0.466 e. The Morgan fingerprint density at radius 3 is 2.38 bits per heavy atom. The summed E-state index contributed by atoms with van der Waals surface area (Å²) in [5.74, 6) is 0.190. The first-order valence-corrected chi connectivity index (χ1v) is 5.83. The molecular formula is C14H22O2. The first-order valence-electron chi connectivity index (χ1n) is 5.83. The van der Waals surface area contributed by atoms with Crippen molar-refractivity contribution in [2.24, 2.45) is 11.3 Å². The van der Waals surface area contributed by atoms with Crippen LogP contribution in [0.3, 0.4) is 0 Å². The molecular weight excluding hydrogens is 200 g/mol. The van der Waals surface area contributed by atoms with Gasteiger partial charge >= 0.3 is 5.97 Å². The monoisotopic (exact) mass is 222 g/mol. The molecule has 0 heterocycles. The van der Waals surface area contributed by atoms with E-state index in [9.17, 15) is 4.79 Å². The van der Waals surface area contributed by atoms with Crippen molar-refractivity contribution >= 4 is 5.97 Å². The molecule has 0 N–H and O–H groups in total. The highest BCUT2D eigenvalue weighted by Crippen LogP contribution is 2.48. The maximum Gasteiger partial charge on any atom is 0.334 e. The maximum atomic E-state index is 11.8. The van der Waals surface area contributed by atoms with E-state index in [1.54, 1.807) is 0 Å². The van der Waals surface area contributed by atoms with Gasteiger partial charge in [0.25, 0.3) is 0 Å². The number of esters is 1. The van der Waals surface area contributed by atoms with E-state index in [0.717, 1.165) is 12.0 Å². The van der Waals surface area contributed by atoms with Crippen molar-refractivity contribution in [3.8, 4) is 0 Å². The zero-order valence-electron chi connectivity index (χ0n) is 11.2. The second-order valence-corrected chi connectivity index (χ2v) is 5.30. The second kappa shape index (κ2) is 4.44. The van der Waals surface area contributed by atoms with Gasteiger partial charge in [-0.3, -0.25) is 0 Å². The van der Waals surface area contributed by atoms with E-state index >= 15 is 0 Å². The third-order valence-electron chi connectivity index (χ3n) is 3.26. The number of carbonyl (C=O) groups is 1. The third kappa shape index (κ3) is 2.06. The SMILES string of the molecule is C/C=C1\C(C(C)C)=C(C(=O)OC)CC1(C)C. The number of methoxy groups -OCH3 is 1. The molecule has 0 saturated heterocycles. The lowest BCUT2D eigenvalue weighted by Crippen LogP contribution is -2.11. The van der Waals surface area contributed by atoms with Gasteiger partial charge in [-0.15, -0.1) is 0 Å². The van der Waals surface area contributed by atoms with Gasteiger partial charge in [0.2, 0.25) is 0 Å². The first-order chi connectivity index (χ1) is 7.35. The van der Waals surface area contributed by atoms with Crippen LogP contribution >= 0.6 is 0 Å². The summed E-state index contributed by atoms with van der Waals surface area (Å²) in [5.41, 5.74) is 3.38. The molecule has 0 aromatic carbocycles. The minimum Gasteiger partial charge on any atom is -0.466 e. The number of hydrogen-bond donors (Lipinski definition) is 0. The van der Waals surface area contributed by atoms with Crippen molar-refractivity contribution in [2.45, 2.75) is 41.0 Å². The molecule has 0 unspecified atom stereocenters. The summed E-state index contributed by atoms with van der Waals surface area (Å²) in [7, 11) is 1.45. The molecule has 16 heavy (non-hydrogen) atoms. The predicted molar refractivity (Wildman–Crippen MR) is 66.0 cm³/mol. The molecule has 0 bridgehead atoms. The molecule has 0 amide bonds. The Balaban J connectivity index is 3.30. The average Bonchev–Trinajstić information content (AvgIpc) is 2.48. The topological polar surface area (TPSA) is 26.3 Å². The van der Waals surface area contributed by atoms with Crippen LogP contribution in [0.5, 0.6) is 0 Å². The van der Waals surface area contributed by atoms with Crippen molar-refractivity contribution in [2.75, 3.05) is 7.11 Å². The fourth-order valence-electron chi connectivity index (χ4n) is 2.67. The number of rotatable bonds is 2. The zero-order valence-corrected chi connectivity index (χ0v) is 11.2. The Bertz CT molecular complexity index is 357. The van der Waals surface area contributed by atoms with Gasteiger partial charge in [-0.2, -0.15) is 0 Å². The third-order valence-corrected chi connectivity index (χ3v) is 3.26. The number of allylic oxidation sites excluding steroid dienone is 3. The van der Waals surface area contributed by atoms with E-state index in [-0.39, 0.29) is 11.4 Å². The Labute approximate surface area is 98.4 Å². The van der Waals surface area contributed by atoms with Gasteiger partial charge in [0.1, 0.15) is 0 Å². The van der Waals surface area contributed by atoms with Crippen molar-refractivity contribution in [3.63, 3.8) is 0 Å². The molecule has 1 aliphatic carbocycles. The smallest absolute Gasteiger partial charge is 0.334 e. The normalized spacial score (nSPS) is 22.1. The van der Waals surface area contributed by atoms with Crippen LogP contribution < -0.4 is 0 Å². The predicted octanol–water partition coefficient (Wildman–Crippen LogP) is 3.49. The van der Waals surface area contributed by atoms with Gasteiger partial charge in [-0.1, -0.05) is 33.8 Å². The molecule has 0 spiro atoms. The molecule has 1 rings (SSSR count). The van der Waals surface area contributed by atoms with Gasteiger partial charge in [0.15, 0.2) is 0 Å². The van der Waals surface area contributed by atoms with E-state index in [2.05, 4.69) is 33.8 Å². The van der Waals surface area contributed by atoms with E-state index in [1.807, 2.05) is 6.92 Å². The first kappa shape index (κ1) is 13.0. The van der Waals surface area contributed by atoms with Crippen LogP contribution in [-0.4, -0.2) is 13.1 Å². The molecule has 0 radical (unpaired) electrons. The Kier molecular flexibility index (Phi) is 3.61. The summed E-state index contributed by atoms with van der Waals surface area (Å²) in [6.07, 6.45) is 2.91. The van der Waals surface area contributed by atoms with Crippen molar-refractivity contribution in [1.29, 1.82) is 0 Å². The summed E-state index contributed by atoms with van der Waals surface area (Å²) in [5, 5.41) is 0. The second-order valence-electron chi connectivity index (χ2n) is 5.30. The van der Waals surface area contributed by atoms with Gasteiger partial charge in [-0.05, 0) is 35.8 Å². The summed E-state index contributed by atoms with van der Waals surface area (Å²) in [6.45, 7) is 10.7. The van der Waals surface area contributed by atoms with Crippen LogP contribution in [0.15, 0.2) is 22.8 Å². The molecule has 2 heteroatoms. The molecule has 0 aromatic heterocycles. The van der Waals surface area contributed by atoms with Gasteiger partial charge in [0, 0.05) is 5.57 Å². The van der Waals surface area contributed by atoms with Crippen LogP contribution in [0.4, 0.5) is 0 Å². The molecule has 1 aliphatic rings. The molecule has 0 fully saturated rings. The minimum atomic E-state index is -0.173. The Morgan fingerprint density at radius 1 is 1.44 bits per heavy atom. The van der Waals surface area contributed by atoms with E-state index < -0.39 is 0 Å². The lowest BCUT2D eigenvalue weighted by Gasteiger charge is -2.23. The van der Waals surface area contributed by atoms with E-state index in [4.69, 9.17) is 4.74 Å². The minimum absolute atomic E-state index is 0.0534. The fraction of sp³-hybridized carbons (Fsp3) is 0.643. The van der Waals surface area contributed by atoms with Crippen LogP contribution in [0, 0.1) is 11.3 Å². The average molecular weight is 222 g/mol. The van der Waals surface area contributed by atoms with Crippen LogP contribution in [-0.2, 0) is 9.53 Å². The van der Waals surface area contributed by atoms with Crippen LogP contribution in [0.2, 0.25) is 0 Å². The highest BCUT2D eigenvalue weighted by Gasteiger charge is 2.39. The van der Waals surface area contributed by atoms with Crippen molar-refractivity contribution < 1.29 is 9.53 Å². The quantitative estimate of drug-likeness (QED) is 0.668. The standard InChI is InChI=1S/C14H22O2/c1-7-11-12(9(2)3)10(13(15)16-6)8-14(11,4)5/h7,9H,8H2,1-6H3/b11-7+. The Hall–Kier alpha value is -1.05. The van der Waals surface area contributed by atoms with Gasteiger partial charge < -0.3 is 4.74 Å².